The van der Waals surface area contributed by atoms with Crippen LogP contribution in [0.1, 0.15) is 22.5 Å². The van der Waals surface area contributed by atoms with Crippen LogP contribution in [-0.4, -0.2) is 39.4 Å². The molecular weight excluding hydrogens is 506 g/mol. The van der Waals surface area contributed by atoms with Gasteiger partial charge in [0.2, 0.25) is 11.8 Å². The quantitative estimate of drug-likeness (QED) is 0.407. The highest BCUT2D eigenvalue weighted by atomic mass is 79.9. The first-order valence-electron chi connectivity index (χ1n) is 10.2. The van der Waals surface area contributed by atoms with Gasteiger partial charge in [-0.2, -0.15) is 0 Å². The van der Waals surface area contributed by atoms with E-state index >= 15 is 0 Å². The maximum Gasteiger partial charge on any atom is 0.234 e. The maximum absolute atomic E-state index is 12.4. The zero-order valence-electron chi connectivity index (χ0n) is 18.9. The van der Waals surface area contributed by atoms with Crippen molar-refractivity contribution in [1.82, 2.24) is 20.1 Å². The number of thioether (sulfide) groups is 1. The molecule has 0 unspecified atom stereocenters. The Hall–Kier alpha value is -2.85. The highest BCUT2D eigenvalue weighted by molar-refractivity contribution is 9.10. The Labute approximate surface area is 205 Å². The first-order chi connectivity index (χ1) is 15.8. The fraction of sp³-hybridized carbons (Fsp3) is 0.304. The minimum atomic E-state index is -0.123. The molecule has 1 aromatic heterocycles. The molecule has 0 aliphatic carbocycles. The van der Waals surface area contributed by atoms with Crippen molar-refractivity contribution < 1.29 is 14.3 Å². The summed E-state index contributed by atoms with van der Waals surface area (Å²) in [4.78, 5) is 24.7. The Morgan fingerprint density at radius 3 is 2.48 bits per heavy atom. The Morgan fingerprint density at radius 1 is 1.06 bits per heavy atom. The molecule has 174 valence electrons. The molecule has 0 aliphatic heterocycles. The average Bonchev–Trinajstić information content (AvgIpc) is 3.16. The van der Waals surface area contributed by atoms with Crippen molar-refractivity contribution in [2.24, 2.45) is 7.05 Å². The molecule has 8 nitrogen and oxygen atoms in total. The second-order valence-electron chi connectivity index (χ2n) is 7.44. The van der Waals surface area contributed by atoms with E-state index in [1.807, 2.05) is 57.3 Å². The number of aromatic nitrogens is 3. The SMILES string of the molecule is COc1ccc(CC(=O)NCc2nnc(SCC(=O)Nc3ccc(Br)c(C)c3C)n2C)cc1. The van der Waals surface area contributed by atoms with Crippen LogP contribution < -0.4 is 15.4 Å². The lowest BCUT2D eigenvalue weighted by molar-refractivity contribution is -0.120. The second-order valence-corrected chi connectivity index (χ2v) is 9.24. The van der Waals surface area contributed by atoms with Gasteiger partial charge in [0.15, 0.2) is 11.0 Å². The number of amides is 2. The fourth-order valence-corrected chi connectivity index (χ4v) is 4.19. The van der Waals surface area contributed by atoms with Gasteiger partial charge >= 0.3 is 0 Å². The van der Waals surface area contributed by atoms with Gasteiger partial charge in [-0.1, -0.05) is 39.8 Å². The predicted octanol–water partition coefficient (Wildman–Crippen LogP) is 3.79. The van der Waals surface area contributed by atoms with E-state index in [1.54, 1.807) is 11.7 Å². The van der Waals surface area contributed by atoms with E-state index in [1.165, 1.54) is 11.8 Å². The van der Waals surface area contributed by atoms with Gasteiger partial charge in [0, 0.05) is 17.2 Å². The van der Waals surface area contributed by atoms with Crippen molar-refractivity contribution in [1.29, 1.82) is 0 Å². The molecule has 1 heterocycles. The van der Waals surface area contributed by atoms with Crippen LogP contribution in [-0.2, 0) is 29.6 Å². The number of benzene rings is 2. The van der Waals surface area contributed by atoms with Crippen LogP contribution in [0.3, 0.4) is 0 Å². The minimum Gasteiger partial charge on any atom is -0.497 e. The van der Waals surface area contributed by atoms with Crippen LogP contribution in [0, 0.1) is 13.8 Å². The normalized spacial score (nSPS) is 10.7. The summed E-state index contributed by atoms with van der Waals surface area (Å²) in [5, 5.41) is 14.7. The van der Waals surface area contributed by atoms with Crippen LogP contribution in [0.4, 0.5) is 5.69 Å². The van der Waals surface area contributed by atoms with E-state index < -0.39 is 0 Å². The zero-order valence-corrected chi connectivity index (χ0v) is 21.3. The lowest BCUT2D eigenvalue weighted by Crippen LogP contribution is -2.26. The molecule has 2 N–H and O–H groups in total. The summed E-state index contributed by atoms with van der Waals surface area (Å²) in [7, 11) is 3.42. The number of nitrogens with zero attached hydrogens (tertiary/aromatic N) is 3. The van der Waals surface area contributed by atoms with E-state index in [4.69, 9.17) is 4.74 Å². The smallest absolute Gasteiger partial charge is 0.234 e. The summed E-state index contributed by atoms with van der Waals surface area (Å²) in [6, 6.07) is 11.2. The molecular formula is C23H26BrN5O3S. The van der Waals surface area contributed by atoms with Crippen molar-refractivity contribution >= 4 is 45.2 Å². The van der Waals surface area contributed by atoms with Crippen LogP contribution >= 0.6 is 27.7 Å². The maximum atomic E-state index is 12.4. The molecule has 0 saturated heterocycles. The second kappa shape index (κ2) is 11.3. The van der Waals surface area contributed by atoms with Crippen molar-refractivity contribution in [3.05, 3.63) is 63.4 Å². The number of carbonyl (C=O) groups excluding carboxylic acids is 2. The molecule has 2 amide bonds. The monoisotopic (exact) mass is 531 g/mol. The van der Waals surface area contributed by atoms with Crippen LogP contribution in [0.25, 0.3) is 0 Å². The lowest BCUT2D eigenvalue weighted by atomic mass is 10.1. The van der Waals surface area contributed by atoms with Gasteiger partial charge in [-0.25, -0.2) is 0 Å². The molecule has 2 aromatic carbocycles. The van der Waals surface area contributed by atoms with E-state index in [0.29, 0.717) is 11.0 Å². The molecule has 0 fully saturated rings. The van der Waals surface area contributed by atoms with Gasteiger partial charge in [0.05, 0.1) is 25.8 Å². The van der Waals surface area contributed by atoms with E-state index in [2.05, 4.69) is 36.8 Å². The molecule has 10 heteroatoms. The largest absolute Gasteiger partial charge is 0.497 e. The first kappa shape index (κ1) is 24.8. The Morgan fingerprint density at radius 2 is 1.79 bits per heavy atom. The Bertz CT molecular complexity index is 1150. The number of nitrogens with one attached hydrogen (secondary N) is 2. The standard InChI is InChI=1S/C23H26BrN5O3S/c1-14-15(2)19(10-9-18(14)24)26-22(31)13-33-23-28-27-20(29(23)3)12-25-21(30)11-16-5-7-17(32-4)8-6-16/h5-10H,11-13H2,1-4H3,(H,25,30)(H,26,31). The van der Waals surface area contributed by atoms with Gasteiger partial charge in [-0.05, 0) is 54.8 Å². The summed E-state index contributed by atoms with van der Waals surface area (Å²) in [6.45, 7) is 4.23. The third-order valence-corrected chi connectivity index (χ3v) is 7.10. The summed E-state index contributed by atoms with van der Waals surface area (Å²) in [5.74, 6) is 1.32. The molecule has 3 rings (SSSR count). The molecule has 0 saturated carbocycles. The predicted molar refractivity (Wildman–Crippen MR) is 133 cm³/mol. The highest BCUT2D eigenvalue weighted by Crippen LogP contribution is 2.26. The number of ether oxygens (including phenoxy) is 1. The third-order valence-electron chi connectivity index (χ3n) is 5.22. The number of carbonyl (C=O) groups is 2. The molecule has 3 aromatic rings. The van der Waals surface area contributed by atoms with Crippen LogP contribution in [0.15, 0.2) is 46.0 Å². The van der Waals surface area contributed by atoms with E-state index in [9.17, 15) is 9.59 Å². The number of methoxy groups -OCH3 is 1. The average molecular weight is 532 g/mol. The first-order valence-corrected chi connectivity index (χ1v) is 12.0. The number of anilines is 1. The third kappa shape index (κ3) is 6.58. The number of halogens is 1. The Kier molecular flexibility index (Phi) is 8.51. The summed E-state index contributed by atoms with van der Waals surface area (Å²) >= 11 is 4.79. The van der Waals surface area contributed by atoms with Crippen LogP contribution in [0.2, 0.25) is 0 Å². The highest BCUT2D eigenvalue weighted by Gasteiger charge is 2.14. The molecule has 0 radical (unpaired) electrons. The molecule has 0 atom stereocenters. The van der Waals surface area contributed by atoms with Crippen molar-refractivity contribution in [2.75, 3.05) is 18.2 Å². The van der Waals surface area contributed by atoms with E-state index in [-0.39, 0.29) is 30.5 Å². The number of hydrogen-bond donors (Lipinski definition) is 2. The van der Waals surface area contributed by atoms with Gasteiger partial charge in [-0.15, -0.1) is 10.2 Å². The topological polar surface area (TPSA) is 98.1 Å². The molecule has 33 heavy (non-hydrogen) atoms. The van der Waals surface area contributed by atoms with Gasteiger partial charge < -0.3 is 19.9 Å². The molecule has 0 aliphatic rings. The Balaban J connectivity index is 1.49. The molecule has 0 spiro atoms. The van der Waals surface area contributed by atoms with Crippen molar-refractivity contribution in [3.8, 4) is 5.75 Å². The van der Waals surface area contributed by atoms with Gasteiger partial charge in [0.25, 0.3) is 0 Å². The lowest BCUT2D eigenvalue weighted by Gasteiger charge is -2.11. The van der Waals surface area contributed by atoms with Crippen molar-refractivity contribution in [2.45, 2.75) is 32.0 Å². The number of hydrogen-bond acceptors (Lipinski definition) is 6. The molecule has 0 bridgehead atoms. The zero-order chi connectivity index (χ0) is 24.0. The van der Waals surface area contributed by atoms with Gasteiger partial charge in [-0.3, -0.25) is 9.59 Å². The fourth-order valence-electron chi connectivity index (χ4n) is 3.03. The minimum absolute atomic E-state index is 0.114. The summed E-state index contributed by atoms with van der Waals surface area (Å²) < 4.78 is 7.91. The van der Waals surface area contributed by atoms with Gasteiger partial charge in [0.1, 0.15) is 5.75 Å². The number of rotatable bonds is 9. The summed E-state index contributed by atoms with van der Waals surface area (Å²) in [6.07, 6.45) is 0.262. The van der Waals surface area contributed by atoms with Crippen LogP contribution in [0.5, 0.6) is 5.75 Å². The van der Waals surface area contributed by atoms with E-state index in [0.717, 1.165) is 32.6 Å². The van der Waals surface area contributed by atoms with Crippen molar-refractivity contribution in [3.63, 3.8) is 0 Å². The summed E-state index contributed by atoms with van der Waals surface area (Å²) in [5.41, 5.74) is 3.80.